The molecule has 2 aromatic rings. The van der Waals surface area contributed by atoms with Gasteiger partial charge in [-0.2, -0.15) is 0 Å². The smallest absolute Gasteiger partial charge is 0.322 e. The van der Waals surface area contributed by atoms with Crippen LogP contribution in [0, 0.1) is 12.7 Å². The third kappa shape index (κ3) is 5.77. The lowest BCUT2D eigenvalue weighted by atomic mass is 10.2. The number of anilines is 1. The number of benzene rings is 2. The number of urea groups is 1. The van der Waals surface area contributed by atoms with Crippen LogP contribution in [-0.4, -0.2) is 55.2 Å². The average molecular weight is 371 g/mol. The lowest BCUT2D eigenvalue weighted by Gasteiger charge is -2.30. The number of aryl methyl sites for hydroxylation is 1. The number of morpholine rings is 1. The molecule has 27 heavy (non-hydrogen) atoms. The highest BCUT2D eigenvalue weighted by Gasteiger charge is 2.18. The average Bonchev–Trinajstić information content (AvgIpc) is 2.67. The van der Waals surface area contributed by atoms with Crippen LogP contribution in [0.2, 0.25) is 0 Å². The zero-order valence-electron chi connectivity index (χ0n) is 15.7. The van der Waals surface area contributed by atoms with E-state index in [0.717, 1.165) is 30.9 Å². The lowest BCUT2D eigenvalue weighted by molar-refractivity contribution is 0.0349. The van der Waals surface area contributed by atoms with Gasteiger partial charge in [-0.25, -0.2) is 9.18 Å². The van der Waals surface area contributed by atoms with E-state index in [0.29, 0.717) is 25.3 Å². The molecule has 1 aliphatic heterocycles. The standard InChI is InChI=1S/C21H26FN3O2/c1-17-5-4-7-19(15-17)23-21(26)25(10-9-24-11-13-27-14-12-24)16-18-6-2-3-8-20(18)22/h2-8,15H,9-14,16H2,1H3,(H,23,26). The van der Waals surface area contributed by atoms with Gasteiger partial charge in [-0.3, -0.25) is 4.90 Å². The van der Waals surface area contributed by atoms with Crippen molar-refractivity contribution >= 4 is 11.7 Å². The van der Waals surface area contributed by atoms with E-state index in [9.17, 15) is 9.18 Å². The zero-order chi connectivity index (χ0) is 19.1. The molecule has 0 aliphatic carbocycles. The highest BCUT2D eigenvalue weighted by Crippen LogP contribution is 2.14. The quantitative estimate of drug-likeness (QED) is 0.845. The molecule has 1 fully saturated rings. The van der Waals surface area contributed by atoms with E-state index >= 15 is 0 Å². The van der Waals surface area contributed by atoms with Crippen LogP contribution in [0.5, 0.6) is 0 Å². The first-order chi connectivity index (χ1) is 13.1. The molecule has 2 aromatic carbocycles. The van der Waals surface area contributed by atoms with Crippen molar-refractivity contribution in [2.45, 2.75) is 13.5 Å². The maximum atomic E-state index is 14.1. The zero-order valence-corrected chi connectivity index (χ0v) is 15.7. The van der Waals surface area contributed by atoms with Crippen LogP contribution in [-0.2, 0) is 11.3 Å². The molecule has 2 amide bonds. The number of hydrogen-bond acceptors (Lipinski definition) is 3. The first kappa shape index (κ1) is 19.3. The van der Waals surface area contributed by atoms with Gasteiger partial charge in [-0.1, -0.05) is 30.3 Å². The fourth-order valence-electron chi connectivity index (χ4n) is 3.10. The maximum absolute atomic E-state index is 14.1. The number of rotatable bonds is 6. The second-order valence-corrected chi connectivity index (χ2v) is 6.77. The van der Waals surface area contributed by atoms with Crippen LogP contribution in [0.15, 0.2) is 48.5 Å². The minimum absolute atomic E-state index is 0.225. The van der Waals surface area contributed by atoms with E-state index in [2.05, 4.69) is 10.2 Å². The Labute approximate surface area is 159 Å². The van der Waals surface area contributed by atoms with Crippen molar-refractivity contribution in [3.8, 4) is 0 Å². The van der Waals surface area contributed by atoms with Crippen LogP contribution in [0.4, 0.5) is 14.9 Å². The summed E-state index contributed by atoms with van der Waals surface area (Å²) in [6.45, 7) is 6.59. The largest absolute Gasteiger partial charge is 0.379 e. The number of amides is 2. The van der Waals surface area contributed by atoms with E-state index in [-0.39, 0.29) is 18.4 Å². The van der Waals surface area contributed by atoms with Gasteiger partial charge in [-0.05, 0) is 30.7 Å². The highest BCUT2D eigenvalue weighted by atomic mass is 19.1. The van der Waals surface area contributed by atoms with Crippen LogP contribution >= 0.6 is 0 Å². The molecule has 0 radical (unpaired) electrons. The minimum atomic E-state index is -0.294. The summed E-state index contributed by atoms with van der Waals surface area (Å²) in [7, 11) is 0. The molecule has 0 atom stereocenters. The second kappa shape index (κ2) is 9.48. The molecule has 0 spiro atoms. The predicted molar refractivity (Wildman–Crippen MR) is 104 cm³/mol. The first-order valence-corrected chi connectivity index (χ1v) is 9.28. The molecule has 6 heteroatoms. The number of carbonyl (C=O) groups is 1. The summed E-state index contributed by atoms with van der Waals surface area (Å²) in [5.74, 6) is -0.294. The Hall–Kier alpha value is -2.44. The van der Waals surface area contributed by atoms with Gasteiger partial charge < -0.3 is 15.0 Å². The van der Waals surface area contributed by atoms with E-state index in [1.807, 2.05) is 31.2 Å². The molecule has 0 aromatic heterocycles. The Morgan fingerprint density at radius 2 is 1.96 bits per heavy atom. The van der Waals surface area contributed by atoms with E-state index in [1.165, 1.54) is 6.07 Å². The minimum Gasteiger partial charge on any atom is -0.379 e. The molecular formula is C21H26FN3O2. The van der Waals surface area contributed by atoms with Crippen molar-refractivity contribution in [3.05, 3.63) is 65.5 Å². The van der Waals surface area contributed by atoms with Crippen molar-refractivity contribution in [2.24, 2.45) is 0 Å². The summed E-state index contributed by atoms with van der Waals surface area (Å²) in [4.78, 5) is 16.8. The fraction of sp³-hybridized carbons (Fsp3) is 0.381. The Morgan fingerprint density at radius 3 is 2.70 bits per heavy atom. The molecule has 0 bridgehead atoms. The summed E-state index contributed by atoms with van der Waals surface area (Å²) in [6.07, 6.45) is 0. The monoisotopic (exact) mass is 371 g/mol. The van der Waals surface area contributed by atoms with Crippen molar-refractivity contribution in [1.82, 2.24) is 9.80 Å². The summed E-state index contributed by atoms with van der Waals surface area (Å²) in [5.41, 5.74) is 2.32. The van der Waals surface area contributed by atoms with Gasteiger partial charge in [0.2, 0.25) is 0 Å². The normalized spacial score (nSPS) is 14.7. The molecule has 5 nitrogen and oxygen atoms in total. The third-order valence-corrected chi connectivity index (χ3v) is 4.67. The Morgan fingerprint density at radius 1 is 1.19 bits per heavy atom. The van der Waals surface area contributed by atoms with Crippen LogP contribution < -0.4 is 5.32 Å². The van der Waals surface area contributed by atoms with Crippen molar-refractivity contribution in [1.29, 1.82) is 0 Å². The molecule has 0 unspecified atom stereocenters. The molecule has 1 N–H and O–H groups in total. The Kier molecular flexibility index (Phi) is 6.79. The molecule has 144 valence electrons. The number of nitrogens with one attached hydrogen (secondary N) is 1. The fourth-order valence-corrected chi connectivity index (χ4v) is 3.10. The van der Waals surface area contributed by atoms with E-state index in [4.69, 9.17) is 4.74 Å². The van der Waals surface area contributed by atoms with Gasteiger partial charge in [0.15, 0.2) is 0 Å². The summed E-state index contributed by atoms with van der Waals surface area (Å²) in [6, 6.07) is 14.0. The van der Waals surface area contributed by atoms with E-state index in [1.54, 1.807) is 23.1 Å². The second-order valence-electron chi connectivity index (χ2n) is 6.77. The number of ether oxygens (including phenoxy) is 1. The first-order valence-electron chi connectivity index (χ1n) is 9.28. The number of nitrogens with zero attached hydrogens (tertiary/aromatic N) is 2. The summed E-state index contributed by atoms with van der Waals surface area (Å²) >= 11 is 0. The van der Waals surface area contributed by atoms with Gasteiger partial charge in [0.05, 0.1) is 19.8 Å². The summed E-state index contributed by atoms with van der Waals surface area (Å²) < 4.78 is 19.5. The Bertz CT molecular complexity index is 763. The highest BCUT2D eigenvalue weighted by molar-refractivity contribution is 5.89. The van der Waals surface area contributed by atoms with Crippen molar-refractivity contribution in [3.63, 3.8) is 0 Å². The molecule has 0 saturated carbocycles. The van der Waals surface area contributed by atoms with E-state index < -0.39 is 0 Å². The topological polar surface area (TPSA) is 44.8 Å². The number of carbonyl (C=O) groups excluding carboxylic acids is 1. The van der Waals surface area contributed by atoms with Crippen LogP contribution in [0.25, 0.3) is 0 Å². The van der Waals surface area contributed by atoms with Crippen LogP contribution in [0.1, 0.15) is 11.1 Å². The van der Waals surface area contributed by atoms with Crippen molar-refractivity contribution < 1.29 is 13.9 Å². The molecule has 1 aliphatic rings. The van der Waals surface area contributed by atoms with Gasteiger partial charge in [0, 0.05) is 37.4 Å². The maximum Gasteiger partial charge on any atom is 0.322 e. The van der Waals surface area contributed by atoms with Gasteiger partial charge >= 0.3 is 6.03 Å². The Balaban J connectivity index is 1.69. The predicted octanol–water partition coefficient (Wildman–Crippen LogP) is 3.50. The number of halogens is 1. The lowest BCUT2D eigenvalue weighted by Crippen LogP contribution is -2.44. The number of hydrogen-bond donors (Lipinski definition) is 1. The molecule has 1 saturated heterocycles. The van der Waals surface area contributed by atoms with Gasteiger partial charge in [0.25, 0.3) is 0 Å². The molecular weight excluding hydrogens is 345 g/mol. The van der Waals surface area contributed by atoms with Gasteiger partial charge in [-0.15, -0.1) is 0 Å². The van der Waals surface area contributed by atoms with Crippen LogP contribution in [0.3, 0.4) is 0 Å². The molecule has 3 rings (SSSR count). The molecule has 1 heterocycles. The van der Waals surface area contributed by atoms with Crippen molar-refractivity contribution in [2.75, 3.05) is 44.7 Å². The van der Waals surface area contributed by atoms with Gasteiger partial charge in [0.1, 0.15) is 5.82 Å². The summed E-state index contributed by atoms with van der Waals surface area (Å²) in [5, 5.41) is 2.93. The third-order valence-electron chi connectivity index (χ3n) is 4.67. The SMILES string of the molecule is Cc1cccc(NC(=O)N(CCN2CCOCC2)Cc2ccccc2F)c1.